The van der Waals surface area contributed by atoms with E-state index in [-0.39, 0.29) is 5.97 Å². The van der Waals surface area contributed by atoms with E-state index in [9.17, 15) is 4.79 Å². The van der Waals surface area contributed by atoms with Crippen molar-refractivity contribution in [3.8, 4) is 0 Å². The minimum atomic E-state index is 0.0252. The second-order valence-electron chi connectivity index (χ2n) is 12.9. The largest absolute Gasteiger partial charge is 0.466 e. The van der Waals surface area contributed by atoms with E-state index in [4.69, 9.17) is 4.74 Å². The van der Waals surface area contributed by atoms with Gasteiger partial charge in [0.25, 0.3) is 0 Å². The lowest BCUT2D eigenvalue weighted by Gasteiger charge is -2.06. The summed E-state index contributed by atoms with van der Waals surface area (Å²) >= 11 is 0. The summed E-state index contributed by atoms with van der Waals surface area (Å²) in [5, 5.41) is 0. The van der Waals surface area contributed by atoms with Gasteiger partial charge in [-0.2, -0.15) is 0 Å². The minimum absolute atomic E-state index is 0.0252. The Kier molecular flexibility index (Phi) is 36.5. The molecule has 244 valence electrons. The van der Waals surface area contributed by atoms with Crippen molar-refractivity contribution in [1.29, 1.82) is 0 Å². The van der Waals surface area contributed by atoms with Gasteiger partial charge in [-0.05, 0) is 38.5 Å². The third-order valence-electron chi connectivity index (χ3n) is 8.65. The van der Waals surface area contributed by atoms with Crippen molar-refractivity contribution in [2.45, 2.75) is 226 Å². The molecule has 0 saturated carbocycles. The number of carbonyl (C=O) groups excluding carboxylic acids is 1. The first-order valence-corrected chi connectivity index (χ1v) is 19.1. The van der Waals surface area contributed by atoms with E-state index in [1.54, 1.807) is 0 Å². The zero-order valence-electron chi connectivity index (χ0n) is 28.5. The van der Waals surface area contributed by atoms with E-state index >= 15 is 0 Å². The molecular weight excluding hydrogens is 500 g/mol. The lowest BCUT2D eigenvalue weighted by atomic mass is 10.0. The SMILES string of the molecule is CCCCCCCC/C=C\CCCCCCCCCCCCOC(=O)CCCCCCCCCCCCCCCC. The second-order valence-corrected chi connectivity index (χ2v) is 12.9. The van der Waals surface area contributed by atoms with Crippen molar-refractivity contribution >= 4 is 5.97 Å². The van der Waals surface area contributed by atoms with Gasteiger partial charge >= 0.3 is 5.97 Å². The van der Waals surface area contributed by atoms with Gasteiger partial charge in [-0.1, -0.05) is 193 Å². The van der Waals surface area contributed by atoms with Crippen molar-refractivity contribution in [1.82, 2.24) is 0 Å². The number of hydrogen-bond acceptors (Lipinski definition) is 2. The highest BCUT2D eigenvalue weighted by Gasteiger charge is 2.03. The van der Waals surface area contributed by atoms with Crippen LogP contribution in [0.2, 0.25) is 0 Å². The molecule has 0 fully saturated rings. The molecule has 0 aromatic carbocycles. The summed E-state index contributed by atoms with van der Waals surface area (Å²) in [6, 6.07) is 0. The maximum atomic E-state index is 11.9. The Morgan fingerprint density at radius 1 is 0.390 bits per heavy atom. The van der Waals surface area contributed by atoms with Crippen LogP contribution in [0.5, 0.6) is 0 Å². The van der Waals surface area contributed by atoms with Crippen LogP contribution >= 0.6 is 0 Å². The van der Waals surface area contributed by atoms with E-state index in [2.05, 4.69) is 26.0 Å². The summed E-state index contributed by atoms with van der Waals surface area (Å²) in [6.45, 7) is 5.20. The van der Waals surface area contributed by atoms with Gasteiger partial charge in [-0.3, -0.25) is 4.79 Å². The molecule has 0 rings (SSSR count). The molecule has 0 atom stereocenters. The van der Waals surface area contributed by atoms with Crippen molar-refractivity contribution in [3.63, 3.8) is 0 Å². The van der Waals surface area contributed by atoms with Gasteiger partial charge in [0.1, 0.15) is 0 Å². The predicted molar refractivity (Wildman–Crippen MR) is 184 cm³/mol. The average molecular weight is 577 g/mol. The highest BCUT2D eigenvalue weighted by atomic mass is 16.5. The quantitative estimate of drug-likeness (QED) is 0.0426. The molecule has 0 unspecified atom stereocenters. The fourth-order valence-corrected chi connectivity index (χ4v) is 5.78. The number of ether oxygens (including phenoxy) is 1. The van der Waals surface area contributed by atoms with E-state index in [0.29, 0.717) is 13.0 Å². The fraction of sp³-hybridized carbons (Fsp3) is 0.923. The minimum Gasteiger partial charge on any atom is -0.466 e. The molecule has 2 heteroatoms. The lowest BCUT2D eigenvalue weighted by molar-refractivity contribution is -0.143. The highest BCUT2D eigenvalue weighted by Crippen LogP contribution is 2.15. The van der Waals surface area contributed by atoms with Crippen LogP contribution in [0.3, 0.4) is 0 Å². The molecule has 2 nitrogen and oxygen atoms in total. The molecule has 0 aliphatic rings. The first-order chi connectivity index (χ1) is 20.3. The van der Waals surface area contributed by atoms with E-state index < -0.39 is 0 Å². The van der Waals surface area contributed by atoms with Crippen LogP contribution in [0.1, 0.15) is 226 Å². The Morgan fingerprint density at radius 3 is 1.05 bits per heavy atom. The predicted octanol–water partition coefficient (Wildman–Crippen LogP) is 14.0. The Labute approximate surface area is 259 Å². The molecule has 0 radical (unpaired) electrons. The average Bonchev–Trinajstić information content (AvgIpc) is 2.98. The summed E-state index contributed by atoms with van der Waals surface area (Å²) < 4.78 is 5.45. The summed E-state index contributed by atoms with van der Waals surface area (Å²) in [7, 11) is 0. The van der Waals surface area contributed by atoms with Crippen LogP contribution in [0, 0.1) is 0 Å². The van der Waals surface area contributed by atoms with Crippen LogP contribution in [-0.2, 0) is 9.53 Å². The standard InChI is InChI=1S/C39H76O2/c1-3-5-7-9-11-13-15-17-19-20-21-22-23-24-26-28-30-32-34-36-38-41-39(40)37-35-33-31-29-27-25-18-16-14-12-10-8-6-4-2/h17,19H,3-16,18,20-38H2,1-2H3/b19-17-. The third-order valence-corrected chi connectivity index (χ3v) is 8.65. The normalized spacial score (nSPS) is 11.6. The Hall–Kier alpha value is -0.790. The lowest BCUT2D eigenvalue weighted by Crippen LogP contribution is -2.05. The van der Waals surface area contributed by atoms with Crippen molar-refractivity contribution in [2.24, 2.45) is 0 Å². The number of esters is 1. The van der Waals surface area contributed by atoms with E-state index in [1.807, 2.05) is 0 Å². The van der Waals surface area contributed by atoms with Crippen LogP contribution in [0.25, 0.3) is 0 Å². The maximum absolute atomic E-state index is 11.9. The summed E-state index contributed by atoms with van der Waals surface area (Å²) in [5.41, 5.74) is 0. The molecule has 0 aliphatic carbocycles. The number of rotatable bonds is 35. The summed E-state index contributed by atoms with van der Waals surface area (Å²) in [4.78, 5) is 11.9. The molecule has 0 aliphatic heterocycles. The molecule has 0 saturated heterocycles. The number of allylic oxidation sites excluding steroid dienone is 2. The Morgan fingerprint density at radius 2 is 0.683 bits per heavy atom. The summed E-state index contributed by atoms with van der Waals surface area (Å²) in [6.07, 6.45) is 48.6. The van der Waals surface area contributed by atoms with E-state index in [0.717, 1.165) is 12.8 Å². The zero-order chi connectivity index (χ0) is 29.7. The van der Waals surface area contributed by atoms with Gasteiger partial charge < -0.3 is 4.74 Å². The van der Waals surface area contributed by atoms with Crippen LogP contribution in [0.15, 0.2) is 12.2 Å². The molecule has 0 aromatic rings. The molecule has 0 amide bonds. The van der Waals surface area contributed by atoms with E-state index in [1.165, 1.54) is 193 Å². The first-order valence-electron chi connectivity index (χ1n) is 19.1. The highest BCUT2D eigenvalue weighted by molar-refractivity contribution is 5.69. The monoisotopic (exact) mass is 577 g/mol. The molecule has 0 N–H and O–H groups in total. The van der Waals surface area contributed by atoms with Crippen molar-refractivity contribution in [3.05, 3.63) is 12.2 Å². The topological polar surface area (TPSA) is 26.3 Å². The Bertz CT molecular complexity index is 512. The molecular formula is C39H76O2. The molecule has 41 heavy (non-hydrogen) atoms. The fourth-order valence-electron chi connectivity index (χ4n) is 5.78. The number of carbonyl (C=O) groups is 1. The van der Waals surface area contributed by atoms with Crippen molar-refractivity contribution in [2.75, 3.05) is 6.61 Å². The summed E-state index contributed by atoms with van der Waals surface area (Å²) in [5.74, 6) is 0.0252. The van der Waals surface area contributed by atoms with Gasteiger partial charge in [-0.15, -0.1) is 0 Å². The third kappa shape index (κ3) is 37.2. The zero-order valence-corrected chi connectivity index (χ0v) is 28.5. The molecule has 0 spiro atoms. The number of unbranched alkanes of at least 4 members (excludes halogenated alkanes) is 29. The van der Waals surface area contributed by atoms with Gasteiger partial charge in [0.15, 0.2) is 0 Å². The van der Waals surface area contributed by atoms with Crippen LogP contribution < -0.4 is 0 Å². The van der Waals surface area contributed by atoms with Crippen LogP contribution in [0.4, 0.5) is 0 Å². The van der Waals surface area contributed by atoms with Crippen molar-refractivity contribution < 1.29 is 9.53 Å². The van der Waals surface area contributed by atoms with Crippen LogP contribution in [-0.4, -0.2) is 12.6 Å². The molecule has 0 aromatic heterocycles. The van der Waals surface area contributed by atoms with Gasteiger partial charge in [0, 0.05) is 6.42 Å². The van der Waals surface area contributed by atoms with Gasteiger partial charge in [0.2, 0.25) is 0 Å². The maximum Gasteiger partial charge on any atom is 0.305 e. The number of hydrogen-bond donors (Lipinski definition) is 0. The smallest absolute Gasteiger partial charge is 0.305 e. The van der Waals surface area contributed by atoms with Gasteiger partial charge in [-0.25, -0.2) is 0 Å². The molecule has 0 heterocycles. The van der Waals surface area contributed by atoms with Gasteiger partial charge in [0.05, 0.1) is 6.61 Å². The first kappa shape index (κ1) is 40.2. The second kappa shape index (κ2) is 37.2. The Balaban J connectivity index is 3.17. The molecule has 0 bridgehead atoms.